The van der Waals surface area contributed by atoms with E-state index in [1.54, 1.807) is 0 Å². The van der Waals surface area contributed by atoms with Crippen molar-refractivity contribution >= 4 is 0 Å². The largest absolute Gasteiger partial charge is 0.365 e. The molecule has 2 heteroatoms. The van der Waals surface area contributed by atoms with Crippen LogP contribution in [0.3, 0.4) is 0 Å². The minimum absolute atomic E-state index is 0.477. The summed E-state index contributed by atoms with van der Waals surface area (Å²) >= 11 is 0. The predicted molar refractivity (Wildman–Crippen MR) is 47.4 cm³/mol. The summed E-state index contributed by atoms with van der Waals surface area (Å²) in [6, 6.07) is 4.11. The highest BCUT2D eigenvalue weighted by Gasteiger charge is 2.13. The molecule has 0 aliphatic heterocycles. The molecule has 1 aromatic heterocycles. The fourth-order valence-electron chi connectivity index (χ4n) is 1.33. The van der Waals surface area contributed by atoms with Gasteiger partial charge in [0.05, 0.1) is 0 Å². The molecule has 0 radical (unpaired) electrons. The first-order chi connectivity index (χ1) is 5.25. The lowest BCUT2D eigenvalue weighted by Gasteiger charge is -2.16. The maximum Gasteiger partial charge on any atom is 0.0193 e. The van der Waals surface area contributed by atoms with Crippen molar-refractivity contribution < 1.29 is 0 Å². The molecule has 3 N–H and O–H groups in total. The quantitative estimate of drug-likeness (QED) is 0.680. The van der Waals surface area contributed by atoms with Gasteiger partial charge in [-0.05, 0) is 18.1 Å². The Balaban J connectivity index is 2.71. The third kappa shape index (κ3) is 1.84. The third-order valence-corrected chi connectivity index (χ3v) is 2.08. The standard InChI is InChI=1S/C9H16N2/c1-7(2)8(6-10)9-4-3-5-11-9/h3-5,7-8,11H,6,10H2,1-2H3. The molecule has 0 saturated heterocycles. The molecule has 1 heterocycles. The van der Waals surface area contributed by atoms with Crippen LogP contribution in [0.4, 0.5) is 0 Å². The summed E-state index contributed by atoms with van der Waals surface area (Å²) in [4.78, 5) is 3.19. The number of hydrogen-bond acceptors (Lipinski definition) is 1. The van der Waals surface area contributed by atoms with E-state index in [2.05, 4.69) is 24.9 Å². The Kier molecular flexibility index (Phi) is 2.71. The van der Waals surface area contributed by atoms with Crippen LogP contribution in [-0.2, 0) is 0 Å². The fraction of sp³-hybridized carbons (Fsp3) is 0.556. The summed E-state index contributed by atoms with van der Waals surface area (Å²) in [5.41, 5.74) is 6.90. The zero-order valence-corrected chi connectivity index (χ0v) is 7.17. The summed E-state index contributed by atoms with van der Waals surface area (Å²) in [7, 11) is 0. The topological polar surface area (TPSA) is 41.8 Å². The number of hydrogen-bond donors (Lipinski definition) is 2. The minimum atomic E-state index is 0.477. The molecule has 0 aliphatic carbocycles. The normalized spacial score (nSPS) is 13.8. The summed E-state index contributed by atoms with van der Waals surface area (Å²) in [5, 5.41) is 0. The Labute approximate surface area is 67.8 Å². The molecule has 0 aliphatic rings. The van der Waals surface area contributed by atoms with Gasteiger partial charge in [-0.3, -0.25) is 0 Å². The van der Waals surface area contributed by atoms with E-state index in [1.165, 1.54) is 5.69 Å². The Bertz CT molecular complexity index is 189. The van der Waals surface area contributed by atoms with Gasteiger partial charge >= 0.3 is 0 Å². The number of nitrogens with two attached hydrogens (primary N) is 1. The Morgan fingerprint density at radius 3 is 2.64 bits per heavy atom. The second kappa shape index (κ2) is 3.58. The van der Waals surface area contributed by atoms with Gasteiger partial charge in [-0.15, -0.1) is 0 Å². The molecular weight excluding hydrogens is 136 g/mol. The van der Waals surface area contributed by atoms with E-state index < -0.39 is 0 Å². The van der Waals surface area contributed by atoms with E-state index in [9.17, 15) is 0 Å². The van der Waals surface area contributed by atoms with Crippen molar-refractivity contribution in [3.63, 3.8) is 0 Å². The molecule has 1 unspecified atom stereocenters. The van der Waals surface area contributed by atoms with Crippen LogP contribution >= 0.6 is 0 Å². The first kappa shape index (κ1) is 8.34. The first-order valence-corrected chi connectivity index (χ1v) is 4.09. The van der Waals surface area contributed by atoms with Crippen molar-refractivity contribution in [1.29, 1.82) is 0 Å². The van der Waals surface area contributed by atoms with Gasteiger partial charge in [0.25, 0.3) is 0 Å². The lowest BCUT2D eigenvalue weighted by Crippen LogP contribution is -2.17. The number of aromatic amines is 1. The summed E-state index contributed by atoms with van der Waals surface area (Å²) < 4.78 is 0. The van der Waals surface area contributed by atoms with Crippen molar-refractivity contribution in [2.75, 3.05) is 6.54 Å². The molecule has 62 valence electrons. The van der Waals surface area contributed by atoms with Crippen LogP contribution in [0, 0.1) is 5.92 Å². The predicted octanol–water partition coefficient (Wildman–Crippen LogP) is 1.71. The van der Waals surface area contributed by atoms with Gasteiger partial charge < -0.3 is 10.7 Å². The molecule has 1 aromatic rings. The van der Waals surface area contributed by atoms with Crippen molar-refractivity contribution in [3.8, 4) is 0 Å². The minimum Gasteiger partial charge on any atom is -0.365 e. The highest BCUT2D eigenvalue weighted by molar-refractivity contribution is 5.10. The number of aromatic nitrogens is 1. The second-order valence-electron chi connectivity index (χ2n) is 3.21. The van der Waals surface area contributed by atoms with Crippen LogP contribution in [0.1, 0.15) is 25.5 Å². The third-order valence-electron chi connectivity index (χ3n) is 2.08. The second-order valence-corrected chi connectivity index (χ2v) is 3.21. The van der Waals surface area contributed by atoms with E-state index in [4.69, 9.17) is 5.73 Å². The molecular formula is C9H16N2. The van der Waals surface area contributed by atoms with Gasteiger partial charge in [-0.2, -0.15) is 0 Å². The fourth-order valence-corrected chi connectivity index (χ4v) is 1.33. The van der Waals surface area contributed by atoms with Crippen LogP contribution in [-0.4, -0.2) is 11.5 Å². The molecule has 1 atom stereocenters. The number of rotatable bonds is 3. The van der Waals surface area contributed by atoms with Gasteiger partial charge in [0.2, 0.25) is 0 Å². The first-order valence-electron chi connectivity index (χ1n) is 4.09. The SMILES string of the molecule is CC(C)C(CN)c1ccc[nH]1. The smallest absolute Gasteiger partial charge is 0.0193 e. The van der Waals surface area contributed by atoms with Gasteiger partial charge in [-0.1, -0.05) is 13.8 Å². The monoisotopic (exact) mass is 152 g/mol. The molecule has 0 saturated carbocycles. The van der Waals surface area contributed by atoms with Crippen LogP contribution in [0.25, 0.3) is 0 Å². The van der Waals surface area contributed by atoms with E-state index in [0.29, 0.717) is 11.8 Å². The van der Waals surface area contributed by atoms with E-state index in [0.717, 1.165) is 6.54 Å². The highest BCUT2D eigenvalue weighted by Crippen LogP contribution is 2.20. The van der Waals surface area contributed by atoms with Gasteiger partial charge in [0, 0.05) is 24.4 Å². The van der Waals surface area contributed by atoms with Crippen LogP contribution in [0.15, 0.2) is 18.3 Å². The maximum atomic E-state index is 5.64. The molecule has 0 aromatic carbocycles. The Hall–Kier alpha value is -0.760. The van der Waals surface area contributed by atoms with Crippen molar-refractivity contribution in [2.45, 2.75) is 19.8 Å². The van der Waals surface area contributed by atoms with Crippen molar-refractivity contribution in [3.05, 3.63) is 24.0 Å². The zero-order chi connectivity index (χ0) is 8.27. The van der Waals surface area contributed by atoms with Crippen LogP contribution in [0.5, 0.6) is 0 Å². The lowest BCUT2D eigenvalue weighted by molar-refractivity contribution is 0.497. The average molecular weight is 152 g/mol. The lowest BCUT2D eigenvalue weighted by atomic mass is 9.93. The number of H-pyrrole nitrogens is 1. The molecule has 0 fully saturated rings. The molecule has 0 bridgehead atoms. The summed E-state index contributed by atoms with van der Waals surface area (Å²) in [6.45, 7) is 5.11. The number of nitrogens with one attached hydrogen (secondary N) is 1. The zero-order valence-electron chi connectivity index (χ0n) is 7.17. The molecule has 0 amide bonds. The molecule has 2 nitrogen and oxygen atoms in total. The highest BCUT2D eigenvalue weighted by atomic mass is 14.7. The van der Waals surface area contributed by atoms with E-state index in [1.807, 2.05) is 12.3 Å². The average Bonchev–Trinajstić information content (AvgIpc) is 2.40. The van der Waals surface area contributed by atoms with Gasteiger partial charge in [0.1, 0.15) is 0 Å². The van der Waals surface area contributed by atoms with Gasteiger partial charge in [-0.25, -0.2) is 0 Å². The molecule has 0 spiro atoms. The van der Waals surface area contributed by atoms with E-state index >= 15 is 0 Å². The summed E-state index contributed by atoms with van der Waals surface area (Å²) in [5.74, 6) is 1.09. The molecule has 1 rings (SSSR count). The maximum absolute atomic E-state index is 5.64. The molecule has 11 heavy (non-hydrogen) atoms. The van der Waals surface area contributed by atoms with Crippen molar-refractivity contribution in [2.24, 2.45) is 11.7 Å². The Morgan fingerprint density at radius 2 is 2.27 bits per heavy atom. The van der Waals surface area contributed by atoms with E-state index in [-0.39, 0.29) is 0 Å². The van der Waals surface area contributed by atoms with Gasteiger partial charge in [0.15, 0.2) is 0 Å². The van der Waals surface area contributed by atoms with Crippen LogP contribution < -0.4 is 5.73 Å². The Morgan fingerprint density at radius 1 is 1.55 bits per heavy atom. The van der Waals surface area contributed by atoms with Crippen LogP contribution in [0.2, 0.25) is 0 Å². The van der Waals surface area contributed by atoms with Crippen molar-refractivity contribution in [1.82, 2.24) is 4.98 Å². The summed E-state index contributed by atoms with van der Waals surface area (Å²) in [6.07, 6.45) is 1.94.